The summed E-state index contributed by atoms with van der Waals surface area (Å²) in [7, 11) is 0. The van der Waals surface area contributed by atoms with Crippen LogP contribution in [0.15, 0.2) is 48.5 Å². The molecule has 1 N–H and O–H groups in total. The van der Waals surface area contributed by atoms with E-state index in [1.54, 1.807) is 24.3 Å². The average molecular weight is 280 g/mol. The molecule has 21 heavy (non-hydrogen) atoms. The predicted molar refractivity (Wildman–Crippen MR) is 81.1 cm³/mol. The number of nitrogens with one attached hydrogen (secondary N) is 1. The third kappa shape index (κ3) is 4.36. The maximum atomic E-state index is 11.9. The van der Waals surface area contributed by atoms with Crippen molar-refractivity contribution in [3.05, 3.63) is 59.7 Å². The van der Waals surface area contributed by atoms with Crippen LogP contribution in [0, 0.1) is 11.3 Å². The van der Waals surface area contributed by atoms with Gasteiger partial charge in [0.2, 0.25) is 5.91 Å². The van der Waals surface area contributed by atoms with Crippen LogP contribution in [0.5, 0.6) is 5.75 Å². The van der Waals surface area contributed by atoms with Gasteiger partial charge in [-0.25, -0.2) is 0 Å². The first-order chi connectivity index (χ1) is 10.2. The monoisotopic (exact) mass is 280 g/mol. The lowest BCUT2D eigenvalue weighted by Crippen LogP contribution is -2.14. The van der Waals surface area contributed by atoms with Crippen molar-refractivity contribution in [2.24, 2.45) is 0 Å². The van der Waals surface area contributed by atoms with E-state index >= 15 is 0 Å². The van der Waals surface area contributed by atoms with E-state index in [2.05, 4.69) is 5.32 Å². The summed E-state index contributed by atoms with van der Waals surface area (Å²) >= 11 is 0. The molecule has 0 unspecified atom stereocenters. The number of anilines is 1. The molecule has 0 radical (unpaired) electrons. The minimum atomic E-state index is -0.0936. The second kappa shape index (κ2) is 7.11. The quantitative estimate of drug-likeness (QED) is 0.915. The lowest BCUT2D eigenvalue weighted by Gasteiger charge is -2.07. The van der Waals surface area contributed by atoms with Crippen molar-refractivity contribution in [3.63, 3.8) is 0 Å². The zero-order valence-electron chi connectivity index (χ0n) is 11.8. The zero-order chi connectivity index (χ0) is 15.1. The van der Waals surface area contributed by atoms with Gasteiger partial charge in [-0.2, -0.15) is 5.26 Å². The molecule has 1 amide bonds. The highest BCUT2D eigenvalue weighted by Gasteiger charge is 2.04. The van der Waals surface area contributed by atoms with Gasteiger partial charge in [0.05, 0.1) is 24.7 Å². The molecule has 106 valence electrons. The first kappa shape index (κ1) is 14.6. The molecule has 0 heterocycles. The Labute approximate surface area is 124 Å². The van der Waals surface area contributed by atoms with Crippen molar-refractivity contribution in [2.75, 3.05) is 11.9 Å². The van der Waals surface area contributed by atoms with Crippen LogP contribution < -0.4 is 10.1 Å². The number of nitrogens with zero attached hydrogens (tertiary/aromatic N) is 1. The van der Waals surface area contributed by atoms with Gasteiger partial charge in [-0.3, -0.25) is 4.79 Å². The van der Waals surface area contributed by atoms with Gasteiger partial charge in [0.15, 0.2) is 0 Å². The fraction of sp³-hybridized carbons (Fsp3) is 0.176. The molecular weight excluding hydrogens is 264 g/mol. The van der Waals surface area contributed by atoms with Crippen molar-refractivity contribution in [2.45, 2.75) is 13.3 Å². The Morgan fingerprint density at radius 2 is 1.81 bits per heavy atom. The normalized spacial score (nSPS) is 9.71. The third-order valence-electron chi connectivity index (χ3n) is 2.90. The van der Waals surface area contributed by atoms with Gasteiger partial charge < -0.3 is 10.1 Å². The summed E-state index contributed by atoms with van der Waals surface area (Å²) in [4.78, 5) is 11.9. The Bertz CT molecular complexity index is 640. The zero-order valence-corrected chi connectivity index (χ0v) is 11.8. The summed E-state index contributed by atoms with van der Waals surface area (Å²) in [6.45, 7) is 2.55. The molecule has 0 aliphatic heterocycles. The van der Waals surface area contributed by atoms with Crippen molar-refractivity contribution >= 4 is 11.6 Å². The van der Waals surface area contributed by atoms with Gasteiger partial charge >= 0.3 is 0 Å². The third-order valence-corrected chi connectivity index (χ3v) is 2.90. The van der Waals surface area contributed by atoms with E-state index in [-0.39, 0.29) is 5.91 Å². The van der Waals surface area contributed by atoms with Gasteiger partial charge in [0, 0.05) is 5.69 Å². The van der Waals surface area contributed by atoms with E-state index in [0.717, 1.165) is 11.3 Å². The average Bonchev–Trinajstić information content (AvgIpc) is 2.50. The van der Waals surface area contributed by atoms with Crippen molar-refractivity contribution < 1.29 is 9.53 Å². The van der Waals surface area contributed by atoms with E-state index in [0.29, 0.717) is 24.3 Å². The molecule has 4 nitrogen and oxygen atoms in total. The molecule has 2 rings (SSSR count). The first-order valence-corrected chi connectivity index (χ1v) is 6.73. The Balaban J connectivity index is 1.93. The Morgan fingerprint density at radius 1 is 1.14 bits per heavy atom. The first-order valence-electron chi connectivity index (χ1n) is 6.73. The van der Waals surface area contributed by atoms with Gasteiger partial charge in [0.25, 0.3) is 0 Å². The number of amides is 1. The number of ether oxygens (including phenoxy) is 1. The van der Waals surface area contributed by atoms with Crippen molar-refractivity contribution in [1.82, 2.24) is 0 Å². The minimum absolute atomic E-state index is 0.0936. The van der Waals surface area contributed by atoms with E-state index < -0.39 is 0 Å². The van der Waals surface area contributed by atoms with Crippen LogP contribution in [0.25, 0.3) is 0 Å². The van der Waals surface area contributed by atoms with E-state index in [1.807, 2.05) is 37.3 Å². The molecule has 0 aliphatic rings. The van der Waals surface area contributed by atoms with Gasteiger partial charge in [-0.05, 0) is 48.9 Å². The number of carbonyl (C=O) groups excluding carboxylic acids is 1. The second-order valence-electron chi connectivity index (χ2n) is 4.49. The smallest absolute Gasteiger partial charge is 0.228 e. The molecule has 0 aromatic heterocycles. The van der Waals surface area contributed by atoms with E-state index in [4.69, 9.17) is 10.00 Å². The highest BCUT2D eigenvalue weighted by molar-refractivity contribution is 5.92. The summed E-state index contributed by atoms with van der Waals surface area (Å²) in [5.74, 6) is 0.706. The summed E-state index contributed by atoms with van der Waals surface area (Å²) in [5.41, 5.74) is 2.18. The number of carbonyl (C=O) groups is 1. The van der Waals surface area contributed by atoms with Crippen LogP contribution in [0.4, 0.5) is 5.69 Å². The predicted octanol–water partition coefficient (Wildman–Crippen LogP) is 3.14. The van der Waals surface area contributed by atoms with Crippen molar-refractivity contribution in [1.29, 1.82) is 5.26 Å². The van der Waals surface area contributed by atoms with Crippen LogP contribution >= 0.6 is 0 Å². The molecule has 0 atom stereocenters. The maximum absolute atomic E-state index is 11.9. The highest BCUT2D eigenvalue weighted by Crippen LogP contribution is 2.14. The van der Waals surface area contributed by atoms with Crippen LogP contribution in [-0.2, 0) is 11.2 Å². The maximum Gasteiger partial charge on any atom is 0.228 e. The molecule has 0 spiro atoms. The Hall–Kier alpha value is -2.80. The summed E-state index contributed by atoms with van der Waals surface area (Å²) < 4.78 is 5.36. The van der Waals surface area contributed by atoms with Crippen LogP contribution in [0.1, 0.15) is 18.1 Å². The van der Waals surface area contributed by atoms with Gasteiger partial charge in [-0.1, -0.05) is 12.1 Å². The molecule has 0 saturated heterocycles. The molecule has 0 fully saturated rings. The largest absolute Gasteiger partial charge is 0.494 e. The molecule has 0 saturated carbocycles. The minimum Gasteiger partial charge on any atom is -0.494 e. The van der Waals surface area contributed by atoms with Crippen LogP contribution in [0.2, 0.25) is 0 Å². The molecule has 4 heteroatoms. The SMILES string of the molecule is CCOc1ccc(CC(=O)Nc2ccc(C#N)cc2)cc1. The molecule has 2 aromatic carbocycles. The second-order valence-corrected chi connectivity index (χ2v) is 4.49. The number of hydrogen-bond donors (Lipinski definition) is 1. The molecule has 0 aliphatic carbocycles. The standard InChI is InChI=1S/C17H16N2O2/c1-2-21-16-9-5-13(6-10-16)11-17(20)19-15-7-3-14(12-18)4-8-15/h3-10H,2,11H2,1H3,(H,19,20). The van der Waals surface area contributed by atoms with E-state index in [9.17, 15) is 4.79 Å². The molecule has 0 bridgehead atoms. The fourth-order valence-corrected chi connectivity index (χ4v) is 1.89. The lowest BCUT2D eigenvalue weighted by atomic mass is 10.1. The molecular formula is C17H16N2O2. The summed E-state index contributed by atoms with van der Waals surface area (Å²) in [5, 5.41) is 11.5. The highest BCUT2D eigenvalue weighted by atomic mass is 16.5. The van der Waals surface area contributed by atoms with Gasteiger partial charge in [-0.15, -0.1) is 0 Å². The Morgan fingerprint density at radius 3 is 2.38 bits per heavy atom. The van der Waals surface area contributed by atoms with Gasteiger partial charge in [0.1, 0.15) is 5.75 Å². The summed E-state index contributed by atoms with van der Waals surface area (Å²) in [6, 6.07) is 16.3. The number of nitriles is 1. The van der Waals surface area contributed by atoms with Crippen LogP contribution in [0.3, 0.4) is 0 Å². The Kier molecular flexibility index (Phi) is 4.94. The number of hydrogen-bond acceptors (Lipinski definition) is 3. The summed E-state index contributed by atoms with van der Waals surface area (Å²) in [6.07, 6.45) is 0.298. The van der Waals surface area contributed by atoms with Crippen LogP contribution in [-0.4, -0.2) is 12.5 Å². The fourth-order valence-electron chi connectivity index (χ4n) is 1.89. The number of rotatable bonds is 5. The topological polar surface area (TPSA) is 62.1 Å². The number of benzene rings is 2. The lowest BCUT2D eigenvalue weighted by molar-refractivity contribution is -0.115. The molecule has 2 aromatic rings. The van der Waals surface area contributed by atoms with Crippen molar-refractivity contribution in [3.8, 4) is 11.8 Å². The van der Waals surface area contributed by atoms with E-state index in [1.165, 1.54) is 0 Å².